The van der Waals surface area contributed by atoms with E-state index in [1.165, 1.54) is 24.0 Å². The topological polar surface area (TPSA) is 82.1 Å². The molecular weight excluding hydrogens is 491 g/mol. The van der Waals surface area contributed by atoms with Gasteiger partial charge >= 0.3 is 0 Å². The van der Waals surface area contributed by atoms with Crippen LogP contribution in [-0.4, -0.2) is 52.7 Å². The molecule has 2 unspecified atom stereocenters. The van der Waals surface area contributed by atoms with E-state index in [0.29, 0.717) is 22.9 Å². The van der Waals surface area contributed by atoms with Crippen LogP contribution in [0, 0.1) is 17.7 Å². The van der Waals surface area contributed by atoms with Crippen LogP contribution in [0.5, 0.6) is 0 Å². The van der Waals surface area contributed by atoms with Crippen molar-refractivity contribution in [1.82, 2.24) is 19.9 Å². The van der Waals surface area contributed by atoms with Crippen LogP contribution in [0.2, 0.25) is 5.15 Å². The zero-order valence-corrected chi connectivity index (χ0v) is 22.1. The summed E-state index contributed by atoms with van der Waals surface area (Å²) in [6, 6.07) is 8.53. The minimum absolute atomic E-state index is 0.133. The largest absolute Gasteiger partial charge is 0.373 e. The molecule has 3 aromatic rings. The van der Waals surface area contributed by atoms with Crippen LogP contribution in [-0.2, 0) is 5.41 Å². The molecule has 0 radical (unpaired) electrons. The maximum Gasteiger partial charge on any atom is 0.227 e. The van der Waals surface area contributed by atoms with Gasteiger partial charge in [-0.25, -0.2) is 14.4 Å². The Morgan fingerprint density at radius 2 is 1.92 bits per heavy atom. The highest BCUT2D eigenvalue weighted by atomic mass is 35.5. The Hall–Kier alpha value is -3.46. The lowest BCUT2D eigenvalue weighted by Gasteiger charge is -2.43. The summed E-state index contributed by atoms with van der Waals surface area (Å²) in [4.78, 5) is 22.8. The molecule has 0 amide bonds. The Balaban J connectivity index is 1.31. The molecule has 10 heteroatoms. The highest BCUT2D eigenvalue weighted by Gasteiger charge is 2.51. The number of rotatable bonds is 5. The Morgan fingerprint density at radius 1 is 1.14 bits per heavy atom. The van der Waals surface area contributed by atoms with Gasteiger partial charge in [0.1, 0.15) is 34.8 Å². The smallest absolute Gasteiger partial charge is 0.227 e. The summed E-state index contributed by atoms with van der Waals surface area (Å²) in [5, 5.41) is 7.39. The fourth-order valence-corrected chi connectivity index (χ4v) is 6.32. The van der Waals surface area contributed by atoms with Crippen molar-refractivity contribution in [2.75, 3.05) is 47.1 Å². The van der Waals surface area contributed by atoms with Crippen LogP contribution >= 0.6 is 11.6 Å². The fraction of sp³-hybridized carbons (Fsp3) is 0.407. The molecule has 1 saturated carbocycles. The molecule has 1 saturated heterocycles. The van der Waals surface area contributed by atoms with Crippen LogP contribution < -0.4 is 20.4 Å². The zero-order chi connectivity index (χ0) is 25.9. The van der Waals surface area contributed by atoms with Crippen molar-refractivity contribution in [2.45, 2.75) is 32.2 Å². The predicted octanol–water partition coefficient (Wildman–Crippen LogP) is 5.02. The molecule has 8 nitrogen and oxygen atoms in total. The van der Waals surface area contributed by atoms with Crippen molar-refractivity contribution in [3.8, 4) is 0 Å². The Labute approximate surface area is 221 Å². The SMILES string of the molecule is C/C=C1/C(Nc2nc(NC)c3c(n2)N(c2ccc(F)cc2)CC3(C)C)C2CN(c3cc(Cl)ncn3)C[C@@H]12. The Kier molecular flexibility index (Phi) is 5.71. The summed E-state index contributed by atoms with van der Waals surface area (Å²) in [5.74, 6) is 3.69. The van der Waals surface area contributed by atoms with E-state index in [-0.39, 0.29) is 17.3 Å². The molecule has 2 N–H and O–H groups in total. The van der Waals surface area contributed by atoms with Crippen LogP contribution in [0.25, 0.3) is 0 Å². The molecule has 1 aromatic carbocycles. The van der Waals surface area contributed by atoms with Gasteiger partial charge in [-0.15, -0.1) is 0 Å². The minimum Gasteiger partial charge on any atom is -0.373 e. The summed E-state index contributed by atoms with van der Waals surface area (Å²) in [6.07, 6.45) is 3.71. The van der Waals surface area contributed by atoms with E-state index < -0.39 is 0 Å². The second-order valence-corrected chi connectivity index (χ2v) is 11.0. The minimum atomic E-state index is -0.253. The average molecular weight is 521 g/mol. The van der Waals surface area contributed by atoms with Crippen molar-refractivity contribution < 1.29 is 4.39 Å². The van der Waals surface area contributed by atoms with Crippen molar-refractivity contribution in [3.05, 3.63) is 64.8 Å². The maximum atomic E-state index is 13.6. The van der Waals surface area contributed by atoms with Crippen molar-refractivity contribution in [2.24, 2.45) is 11.8 Å². The van der Waals surface area contributed by atoms with Crippen molar-refractivity contribution in [1.29, 1.82) is 0 Å². The van der Waals surface area contributed by atoms with Gasteiger partial charge in [0, 0.05) is 61.2 Å². The molecule has 2 aromatic heterocycles. The first-order valence-electron chi connectivity index (χ1n) is 12.6. The van der Waals surface area contributed by atoms with E-state index >= 15 is 0 Å². The van der Waals surface area contributed by atoms with Crippen LogP contribution in [0.1, 0.15) is 26.3 Å². The number of benzene rings is 1. The molecule has 4 heterocycles. The molecule has 2 fully saturated rings. The lowest BCUT2D eigenvalue weighted by molar-refractivity contribution is 0.318. The third kappa shape index (κ3) is 3.96. The Bertz CT molecular complexity index is 1380. The number of hydrogen-bond donors (Lipinski definition) is 2. The van der Waals surface area contributed by atoms with Gasteiger partial charge in [-0.1, -0.05) is 31.5 Å². The van der Waals surface area contributed by atoms with Gasteiger partial charge in [0.05, 0.1) is 6.04 Å². The lowest BCUT2D eigenvalue weighted by Crippen LogP contribution is -2.48. The summed E-state index contributed by atoms with van der Waals surface area (Å²) < 4.78 is 13.6. The first-order valence-corrected chi connectivity index (χ1v) is 13.0. The molecule has 192 valence electrons. The first kappa shape index (κ1) is 23.9. The highest BCUT2D eigenvalue weighted by molar-refractivity contribution is 6.29. The molecule has 3 atom stereocenters. The standard InChI is InChI=1S/C27H30ClFN8/c1-5-17-18-11-36(21-10-20(28)31-14-32-21)12-19(18)23(17)33-26-34-24(30-4)22-25(35-26)37(13-27(22,2)3)16-8-6-15(29)7-9-16/h5-10,14,18-19,23H,11-13H2,1-4H3,(H2,30,33,34,35)/b17-5+/t18-,19?,23?/m0/s1. The predicted molar refractivity (Wildman–Crippen MR) is 145 cm³/mol. The molecule has 1 aliphatic carbocycles. The summed E-state index contributed by atoms with van der Waals surface area (Å²) >= 11 is 6.12. The van der Waals surface area contributed by atoms with E-state index in [1.54, 1.807) is 12.1 Å². The number of halogens is 2. The van der Waals surface area contributed by atoms with E-state index in [2.05, 4.69) is 57.2 Å². The van der Waals surface area contributed by atoms with Gasteiger partial charge in [-0.3, -0.25) is 0 Å². The third-order valence-electron chi connectivity index (χ3n) is 7.89. The molecule has 2 aliphatic heterocycles. The van der Waals surface area contributed by atoms with Crippen LogP contribution in [0.15, 0.2) is 48.3 Å². The number of aromatic nitrogens is 4. The van der Waals surface area contributed by atoms with Crippen molar-refractivity contribution in [3.63, 3.8) is 0 Å². The van der Waals surface area contributed by atoms with E-state index in [9.17, 15) is 4.39 Å². The van der Waals surface area contributed by atoms with E-state index in [0.717, 1.165) is 48.3 Å². The van der Waals surface area contributed by atoms with Gasteiger partial charge in [0.2, 0.25) is 5.95 Å². The summed E-state index contributed by atoms with van der Waals surface area (Å²) in [6.45, 7) is 8.96. The summed E-state index contributed by atoms with van der Waals surface area (Å²) in [5.41, 5.74) is 3.16. The summed E-state index contributed by atoms with van der Waals surface area (Å²) in [7, 11) is 1.89. The second-order valence-electron chi connectivity index (χ2n) is 10.6. The fourth-order valence-electron chi connectivity index (χ4n) is 6.18. The maximum absolute atomic E-state index is 13.6. The monoisotopic (exact) mass is 520 g/mol. The number of nitrogens with one attached hydrogen (secondary N) is 2. The van der Waals surface area contributed by atoms with Crippen molar-refractivity contribution >= 4 is 40.7 Å². The van der Waals surface area contributed by atoms with Gasteiger partial charge < -0.3 is 20.4 Å². The van der Waals surface area contributed by atoms with Gasteiger partial charge in [0.25, 0.3) is 0 Å². The van der Waals surface area contributed by atoms with Gasteiger partial charge in [0.15, 0.2) is 0 Å². The van der Waals surface area contributed by atoms with E-state index in [1.807, 2.05) is 13.1 Å². The second kappa shape index (κ2) is 8.83. The lowest BCUT2D eigenvalue weighted by atomic mass is 9.67. The van der Waals surface area contributed by atoms with Crippen LogP contribution in [0.3, 0.4) is 0 Å². The van der Waals surface area contributed by atoms with Crippen LogP contribution in [0.4, 0.5) is 33.5 Å². The average Bonchev–Trinajstić information content (AvgIpc) is 3.38. The zero-order valence-electron chi connectivity index (χ0n) is 21.3. The molecular formula is C27H30ClFN8. The number of nitrogens with zero attached hydrogens (tertiary/aromatic N) is 6. The number of anilines is 5. The number of fused-ring (bicyclic) bond motifs is 2. The number of hydrogen-bond acceptors (Lipinski definition) is 8. The van der Waals surface area contributed by atoms with Gasteiger partial charge in [-0.05, 0) is 36.8 Å². The molecule has 0 spiro atoms. The van der Waals surface area contributed by atoms with Gasteiger partial charge in [-0.2, -0.15) is 9.97 Å². The molecule has 6 rings (SSSR count). The number of allylic oxidation sites excluding steroid dienone is 1. The normalized spacial score (nSPS) is 24.6. The molecule has 0 bridgehead atoms. The first-order chi connectivity index (χ1) is 17.8. The molecule has 3 aliphatic rings. The Morgan fingerprint density at radius 3 is 2.62 bits per heavy atom. The van der Waals surface area contributed by atoms with E-state index in [4.69, 9.17) is 21.6 Å². The third-order valence-corrected chi connectivity index (χ3v) is 8.10. The quantitative estimate of drug-likeness (QED) is 0.358. The molecule has 37 heavy (non-hydrogen) atoms. The highest BCUT2D eigenvalue weighted by Crippen LogP contribution is 2.49.